The summed E-state index contributed by atoms with van der Waals surface area (Å²) in [6.45, 7) is 10.9. The van der Waals surface area contributed by atoms with Crippen molar-refractivity contribution in [2.75, 3.05) is 24.5 Å². The summed E-state index contributed by atoms with van der Waals surface area (Å²) >= 11 is 1.82. The van der Waals surface area contributed by atoms with Crippen LogP contribution in [0.5, 0.6) is 0 Å². The van der Waals surface area contributed by atoms with Gasteiger partial charge in [-0.1, -0.05) is 6.92 Å². The fourth-order valence-electron chi connectivity index (χ4n) is 2.08. The van der Waals surface area contributed by atoms with E-state index in [0.29, 0.717) is 0 Å². The van der Waals surface area contributed by atoms with E-state index in [1.54, 1.807) is 0 Å². The van der Waals surface area contributed by atoms with Gasteiger partial charge in [0.05, 0.1) is 0 Å². The van der Waals surface area contributed by atoms with Crippen LogP contribution in [0.3, 0.4) is 0 Å². The molecule has 2 atom stereocenters. The van der Waals surface area contributed by atoms with Crippen LogP contribution in [-0.4, -0.2) is 24.6 Å². The number of aromatic nitrogens is 1. The number of hydrogen-bond donors (Lipinski definition) is 1. The lowest BCUT2D eigenvalue weighted by atomic mass is 10.3. The van der Waals surface area contributed by atoms with Crippen LogP contribution in [0.25, 0.3) is 0 Å². The number of rotatable bonds is 7. The maximum Gasteiger partial charge on any atom is 0.185 e. The van der Waals surface area contributed by atoms with Gasteiger partial charge < -0.3 is 10.2 Å². The first-order chi connectivity index (χ1) is 8.24. The molecular weight excluding hydrogens is 230 g/mol. The van der Waals surface area contributed by atoms with Crippen LogP contribution >= 0.6 is 11.3 Å². The Kier molecular flexibility index (Phi) is 4.40. The average molecular weight is 253 g/mol. The van der Waals surface area contributed by atoms with Gasteiger partial charge in [-0.25, -0.2) is 4.98 Å². The maximum absolute atomic E-state index is 4.49. The Bertz CT molecular complexity index is 346. The van der Waals surface area contributed by atoms with Crippen LogP contribution in [0.1, 0.15) is 32.1 Å². The average Bonchev–Trinajstić information content (AvgIpc) is 2.84. The molecule has 1 aliphatic carbocycles. The van der Waals surface area contributed by atoms with Crippen molar-refractivity contribution >= 4 is 16.5 Å². The normalized spacial score (nSPS) is 22.8. The molecule has 1 N–H and O–H groups in total. The molecule has 0 spiro atoms. The molecule has 4 heteroatoms. The van der Waals surface area contributed by atoms with Crippen molar-refractivity contribution in [2.24, 2.45) is 11.8 Å². The van der Waals surface area contributed by atoms with Gasteiger partial charge in [0, 0.05) is 30.7 Å². The third-order valence-corrected chi connectivity index (χ3v) is 4.62. The minimum atomic E-state index is 0.921. The standard InChI is InChI=1S/C13H23N3S/c1-4-16(5-2)13-15-9-12(17-13)8-14-7-11-6-10(11)3/h9-11,14H,4-8H2,1-3H3. The van der Waals surface area contributed by atoms with E-state index in [4.69, 9.17) is 0 Å². The van der Waals surface area contributed by atoms with Crippen LogP contribution in [-0.2, 0) is 6.54 Å². The summed E-state index contributed by atoms with van der Waals surface area (Å²) in [5.41, 5.74) is 0. The summed E-state index contributed by atoms with van der Waals surface area (Å²) in [4.78, 5) is 8.14. The van der Waals surface area contributed by atoms with Crippen molar-refractivity contribution in [1.82, 2.24) is 10.3 Å². The molecule has 1 heterocycles. The predicted octanol–water partition coefficient (Wildman–Crippen LogP) is 2.73. The van der Waals surface area contributed by atoms with E-state index in [0.717, 1.165) is 36.6 Å². The van der Waals surface area contributed by atoms with Crippen molar-refractivity contribution in [2.45, 2.75) is 33.7 Å². The lowest BCUT2D eigenvalue weighted by molar-refractivity contribution is 0.615. The second kappa shape index (κ2) is 5.83. The lowest BCUT2D eigenvalue weighted by Gasteiger charge is -2.16. The molecule has 1 fully saturated rings. The van der Waals surface area contributed by atoms with Gasteiger partial charge in [-0.2, -0.15) is 0 Å². The van der Waals surface area contributed by atoms with Gasteiger partial charge in [-0.15, -0.1) is 11.3 Å². The molecule has 96 valence electrons. The molecular formula is C13H23N3S. The zero-order valence-corrected chi connectivity index (χ0v) is 11.9. The Morgan fingerprint density at radius 3 is 2.76 bits per heavy atom. The van der Waals surface area contributed by atoms with E-state index in [9.17, 15) is 0 Å². The number of hydrogen-bond acceptors (Lipinski definition) is 4. The summed E-state index contributed by atoms with van der Waals surface area (Å²) in [6, 6.07) is 0. The van der Waals surface area contributed by atoms with Gasteiger partial charge in [-0.3, -0.25) is 0 Å². The van der Waals surface area contributed by atoms with Crippen LogP contribution in [0.15, 0.2) is 6.20 Å². The Balaban J connectivity index is 1.77. The largest absolute Gasteiger partial charge is 0.349 e. The highest BCUT2D eigenvalue weighted by Gasteiger charge is 2.31. The zero-order chi connectivity index (χ0) is 12.3. The predicted molar refractivity (Wildman–Crippen MR) is 74.7 cm³/mol. The Morgan fingerprint density at radius 1 is 1.47 bits per heavy atom. The number of nitrogens with zero attached hydrogens (tertiary/aromatic N) is 2. The molecule has 1 aromatic rings. The molecule has 0 radical (unpaired) electrons. The molecule has 0 bridgehead atoms. The number of thiazole rings is 1. The molecule has 1 aliphatic rings. The van der Waals surface area contributed by atoms with E-state index in [-0.39, 0.29) is 0 Å². The van der Waals surface area contributed by atoms with E-state index in [1.165, 1.54) is 17.8 Å². The topological polar surface area (TPSA) is 28.2 Å². The molecule has 0 aliphatic heterocycles. The first kappa shape index (κ1) is 12.8. The van der Waals surface area contributed by atoms with Gasteiger partial charge in [-0.05, 0) is 38.6 Å². The third-order valence-electron chi connectivity index (χ3n) is 3.56. The molecule has 0 aromatic carbocycles. The Hall–Kier alpha value is -0.610. The highest BCUT2D eigenvalue weighted by Crippen LogP contribution is 2.36. The van der Waals surface area contributed by atoms with Crippen LogP contribution in [0.2, 0.25) is 0 Å². The molecule has 2 rings (SSSR count). The highest BCUT2D eigenvalue weighted by atomic mass is 32.1. The minimum absolute atomic E-state index is 0.921. The van der Waals surface area contributed by atoms with E-state index < -0.39 is 0 Å². The fourth-order valence-corrected chi connectivity index (χ4v) is 3.09. The molecule has 0 saturated heterocycles. The summed E-state index contributed by atoms with van der Waals surface area (Å²) in [6.07, 6.45) is 3.42. The lowest BCUT2D eigenvalue weighted by Crippen LogP contribution is -2.21. The second-order valence-corrected chi connectivity index (χ2v) is 5.98. The number of nitrogens with one attached hydrogen (secondary N) is 1. The van der Waals surface area contributed by atoms with Crippen molar-refractivity contribution in [1.29, 1.82) is 0 Å². The van der Waals surface area contributed by atoms with Crippen LogP contribution in [0, 0.1) is 11.8 Å². The Labute approximate surface area is 108 Å². The summed E-state index contributed by atoms with van der Waals surface area (Å²) in [5.74, 6) is 1.86. The van der Waals surface area contributed by atoms with E-state index in [1.807, 2.05) is 17.5 Å². The highest BCUT2D eigenvalue weighted by molar-refractivity contribution is 7.15. The van der Waals surface area contributed by atoms with E-state index >= 15 is 0 Å². The first-order valence-corrected chi connectivity index (χ1v) is 7.46. The first-order valence-electron chi connectivity index (χ1n) is 6.65. The van der Waals surface area contributed by atoms with Crippen molar-refractivity contribution in [3.05, 3.63) is 11.1 Å². The van der Waals surface area contributed by atoms with Gasteiger partial charge in [0.1, 0.15) is 0 Å². The molecule has 3 nitrogen and oxygen atoms in total. The molecule has 0 amide bonds. The van der Waals surface area contributed by atoms with Crippen molar-refractivity contribution < 1.29 is 0 Å². The Morgan fingerprint density at radius 2 is 2.18 bits per heavy atom. The third kappa shape index (κ3) is 3.42. The van der Waals surface area contributed by atoms with Crippen LogP contribution in [0.4, 0.5) is 5.13 Å². The smallest absolute Gasteiger partial charge is 0.185 e. The van der Waals surface area contributed by atoms with Crippen molar-refractivity contribution in [3.8, 4) is 0 Å². The maximum atomic E-state index is 4.49. The van der Waals surface area contributed by atoms with Gasteiger partial charge in [0.2, 0.25) is 0 Å². The fraction of sp³-hybridized carbons (Fsp3) is 0.769. The molecule has 1 saturated carbocycles. The van der Waals surface area contributed by atoms with Gasteiger partial charge in [0.25, 0.3) is 0 Å². The molecule has 1 aromatic heterocycles. The van der Waals surface area contributed by atoms with E-state index in [2.05, 4.69) is 36.0 Å². The second-order valence-electron chi connectivity index (χ2n) is 4.89. The summed E-state index contributed by atoms with van der Waals surface area (Å²) < 4.78 is 0. The van der Waals surface area contributed by atoms with Gasteiger partial charge in [0.15, 0.2) is 5.13 Å². The molecule has 2 unspecified atom stereocenters. The SMILES string of the molecule is CCN(CC)c1ncc(CNCC2CC2C)s1. The minimum Gasteiger partial charge on any atom is -0.349 e. The monoisotopic (exact) mass is 253 g/mol. The van der Waals surface area contributed by atoms with Crippen LogP contribution < -0.4 is 10.2 Å². The zero-order valence-electron chi connectivity index (χ0n) is 11.1. The number of anilines is 1. The summed E-state index contributed by atoms with van der Waals surface area (Å²) in [5, 5.41) is 4.69. The summed E-state index contributed by atoms with van der Waals surface area (Å²) in [7, 11) is 0. The quantitative estimate of drug-likeness (QED) is 0.810. The van der Waals surface area contributed by atoms with Gasteiger partial charge >= 0.3 is 0 Å². The molecule has 17 heavy (non-hydrogen) atoms. The van der Waals surface area contributed by atoms with Crippen molar-refractivity contribution in [3.63, 3.8) is 0 Å².